The average molecular weight is 591 g/mol. The summed E-state index contributed by atoms with van der Waals surface area (Å²) in [5, 5.41) is 14.4. The summed E-state index contributed by atoms with van der Waals surface area (Å²) in [5.41, 5.74) is 7.50. The molecule has 1 amide bonds. The predicted molar refractivity (Wildman–Crippen MR) is 164 cm³/mol. The van der Waals surface area contributed by atoms with Crippen molar-refractivity contribution >= 4 is 28.8 Å². The fourth-order valence-corrected chi connectivity index (χ4v) is 5.58. The van der Waals surface area contributed by atoms with E-state index in [1.807, 2.05) is 25.1 Å². The molecule has 0 saturated carbocycles. The molecule has 3 aromatic rings. The third-order valence-corrected chi connectivity index (χ3v) is 8.06. The lowest BCUT2D eigenvalue weighted by atomic mass is 10.0. The molecule has 1 aromatic heterocycles. The number of anilines is 3. The Kier molecular flexibility index (Phi) is 9.22. The van der Waals surface area contributed by atoms with E-state index in [0.717, 1.165) is 57.8 Å². The lowest BCUT2D eigenvalue weighted by Crippen LogP contribution is -2.52. The van der Waals surface area contributed by atoms with E-state index in [9.17, 15) is 14.9 Å². The second kappa shape index (κ2) is 13.2. The van der Waals surface area contributed by atoms with Gasteiger partial charge in [0.1, 0.15) is 17.2 Å². The number of nitro groups is 1. The molecule has 2 aliphatic rings. The van der Waals surface area contributed by atoms with Crippen molar-refractivity contribution in [2.45, 2.75) is 32.2 Å². The van der Waals surface area contributed by atoms with Gasteiger partial charge < -0.3 is 30.3 Å². The van der Waals surface area contributed by atoms with Crippen molar-refractivity contribution in [1.29, 1.82) is 0 Å². The van der Waals surface area contributed by atoms with Crippen molar-refractivity contribution in [3.05, 3.63) is 64.0 Å². The maximum Gasteiger partial charge on any atom is 0.273 e. The van der Waals surface area contributed by atoms with E-state index in [4.69, 9.17) is 15.2 Å². The minimum Gasteiger partial charge on any atom is -0.494 e. The van der Waals surface area contributed by atoms with Crippen LogP contribution in [-0.2, 0) is 6.42 Å². The molecule has 0 spiro atoms. The number of carbonyl (C=O) groups excluding carboxylic acids is 1. The standard InChI is InChI=1S/C30H38N8O5/c1-4-24-30(43-23-7-5-6-22(18-23)38(40)41)34-29(27(32-24)28(31)39)33-25-9-8-21(19-26(25)42-3)36-12-10-20(11-13-36)37-16-14-35(2)15-17-37/h5-9,18-20H,4,10-17H2,1-3H3,(H2,31,39)(H,33,34). The lowest BCUT2D eigenvalue weighted by molar-refractivity contribution is -0.384. The number of non-ortho nitro benzene ring substituents is 1. The maximum atomic E-state index is 12.4. The first-order chi connectivity index (χ1) is 20.7. The molecule has 5 rings (SSSR count). The van der Waals surface area contributed by atoms with Crippen molar-refractivity contribution in [3.63, 3.8) is 0 Å². The number of benzene rings is 2. The number of carbonyl (C=O) groups is 1. The SMILES string of the molecule is CCc1nc(C(N)=O)c(Nc2ccc(N3CCC(N4CCN(C)CC4)CC3)cc2OC)nc1Oc1cccc([N+](=O)[O-])c1. The normalized spacial score (nSPS) is 16.6. The zero-order valence-corrected chi connectivity index (χ0v) is 24.8. The molecule has 13 nitrogen and oxygen atoms in total. The number of nitrogens with two attached hydrogens (primary N) is 1. The van der Waals surface area contributed by atoms with E-state index in [2.05, 4.69) is 37.0 Å². The van der Waals surface area contributed by atoms with Crippen molar-refractivity contribution < 1.29 is 19.2 Å². The Morgan fingerprint density at radius 1 is 1.09 bits per heavy atom. The minimum atomic E-state index is -0.759. The molecular formula is C30H38N8O5. The molecule has 2 saturated heterocycles. The van der Waals surface area contributed by atoms with Crippen LogP contribution in [0.1, 0.15) is 35.9 Å². The highest BCUT2D eigenvalue weighted by molar-refractivity contribution is 5.96. The number of aryl methyl sites for hydroxylation is 1. The van der Waals surface area contributed by atoms with Crippen LogP contribution in [0.5, 0.6) is 17.4 Å². The predicted octanol–water partition coefficient (Wildman–Crippen LogP) is 3.81. The van der Waals surface area contributed by atoms with Crippen LogP contribution in [0.4, 0.5) is 22.9 Å². The fourth-order valence-electron chi connectivity index (χ4n) is 5.58. The molecule has 3 N–H and O–H groups in total. The Hall–Kier alpha value is -4.49. The number of primary amides is 1. The summed E-state index contributed by atoms with van der Waals surface area (Å²) in [7, 11) is 3.77. The third-order valence-electron chi connectivity index (χ3n) is 8.06. The van der Waals surface area contributed by atoms with E-state index in [0.29, 0.717) is 29.6 Å². The number of nitrogens with zero attached hydrogens (tertiary/aromatic N) is 6. The van der Waals surface area contributed by atoms with Crippen molar-refractivity contribution in [1.82, 2.24) is 19.8 Å². The molecule has 0 aliphatic carbocycles. The molecule has 0 atom stereocenters. The molecule has 3 heterocycles. The van der Waals surface area contributed by atoms with E-state index >= 15 is 0 Å². The lowest BCUT2D eigenvalue weighted by Gasteiger charge is -2.42. The van der Waals surface area contributed by atoms with Crippen molar-refractivity contribution in [2.24, 2.45) is 5.73 Å². The average Bonchev–Trinajstić information content (AvgIpc) is 3.02. The van der Waals surface area contributed by atoms with Crippen LogP contribution in [0.25, 0.3) is 0 Å². The van der Waals surface area contributed by atoms with Crippen LogP contribution in [0.2, 0.25) is 0 Å². The minimum absolute atomic E-state index is 0.0552. The smallest absolute Gasteiger partial charge is 0.273 e. The first kappa shape index (κ1) is 30.0. The van der Waals surface area contributed by atoms with Crippen LogP contribution in [-0.4, -0.2) is 90.1 Å². The van der Waals surface area contributed by atoms with Gasteiger partial charge in [-0.25, -0.2) is 4.98 Å². The number of hydrogen-bond donors (Lipinski definition) is 2. The van der Waals surface area contributed by atoms with E-state index in [1.54, 1.807) is 13.2 Å². The van der Waals surface area contributed by atoms with Gasteiger partial charge in [0.15, 0.2) is 11.5 Å². The Balaban J connectivity index is 1.35. The largest absolute Gasteiger partial charge is 0.494 e. The number of methoxy groups -OCH3 is 1. The van der Waals surface area contributed by atoms with Gasteiger partial charge in [-0.2, -0.15) is 4.98 Å². The number of piperidine rings is 1. The summed E-state index contributed by atoms with van der Waals surface area (Å²) in [5.74, 6) is 0.217. The van der Waals surface area contributed by atoms with Gasteiger partial charge in [0.25, 0.3) is 11.6 Å². The van der Waals surface area contributed by atoms with Crippen LogP contribution in [0, 0.1) is 10.1 Å². The van der Waals surface area contributed by atoms with E-state index in [-0.39, 0.29) is 28.8 Å². The summed E-state index contributed by atoms with van der Waals surface area (Å²) in [4.78, 5) is 39.4. The Morgan fingerprint density at radius 3 is 2.49 bits per heavy atom. The summed E-state index contributed by atoms with van der Waals surface area (Å²) in [6, 6.07) is 12.2. The summed E-state index contributed by atoms with van der Waals surface area (Å²) in [6.45, 7) is 8.25. The molecule has 2 aliphatic heterocycles. The number of rotatable bonds is 10. The van der Waals surface area contributed by atoms with Gasteiger partial charge in [-0.1, -0.05) is 13.0 Å². The van der Waals surface area contributed by atoms with Gasteiger partial charge in [-0.05, 0) is 44.5 Å². The van der Waals surface area contributed by atoms with Gasteiger partial charge in [-0.15, -0.1) is 0 Å². The molecular weight excluding hydrogens is 552 g/mol. The Morgan fingerprint density at radius 2 is 1.84 bits per heavy atom. The number of nitrogens with one attached hydrogen (secondary N) is 1. The zero-order chi connectivity index (χ0) is 30.5. The molecule has 0 bridgehead atoms. The Bertz CT molecular complexity index is 1470. The van der Waals surface area contributed by atoms with Gasteiger partial charge in [0, 0.05) is 63.1 Å². The van der Waals surface area contributed by atoms with Crippen LogP contribution in [0.3, 0.4) is 0 Å². The third kappa shape index (κ3) is 6.95. The highest BCUT2D eigenvalue weighted by atomic mass is 16.6. The van der Waals surface area contributed by atoms with Gasteiger partial charge in [-0.3, -0.25) is 19.8 Å². The zero-order valence-electron chi connectivity index (χ0n) is 24.8. The highest BCUT2D eigenvalue weighted by Gasteiger charge is 2.27. The topological polar surface area (TPSA) is 152 Å². The highest BCUT2D eigenvalue weighted by Crippen LogP contribution is 2.35. The van der Waals surface area contributed by atoms with E-state index < -0.39 is 10.8 Å². The second-order valence-electron chi connectivity index (χ2n) is 10.8. The molecule has 2 fully saturated rings. The molecule has 228 valence electrons. The molecule has 13 heteroatoms. The number of hydrogen-bond acceptors (Lipinski definition) is 11. The monoisotopic (exact) mass is 590 g/mol. The van der Waals surface area contributed by atoms with Crippen LogP contribution in [0.15, 0.2) is 42.5 Å². The fraction of sp³-hybridized carbons (Fsp3) is 0.433. The summed E-state index contributed by atoms with van der Waals surface area (Å²) in [6.07, 6.45) is 2.61. The van der Waals surface area contributed by atoms with Crippen LogP contribution < -0.4 is 25.4 Å². The molecule has 0 radical (unpaired) electrons. The second-order valence-corrected chi connectivity index (χ2v) is 10.8. The number of amides is 1. The summed E-state index contributed by atoms with van der Waals surface area (Å²) >= 11 is 0. The number of piperazine rings is 1. The number of ether oxygens (including phenoxy) is 2. The quantitative estimate of drug-likeness (QED) is 0.262. The van der Waals surface area contributed by atoms with Crippen molar-refractivity contribution in [3.8, 4) is 17.4 Å². The first-order valence-corrected chi connectivity index (χ1v) is 14.5. The van der Waals surface area contributed by atoms with Gasteiger partial charge >= 0.3 is 0 Å². The number of likely N-dealkylation sites (N-methyl/N-ethyl adjacent to an activating group) is 1. The molecule has 0 unspecified atom stereocenters. The summed E-state index contributed by atoms with van der Waals surface area (Å²) < 4.78 is 11.6. The molecule has 43 heavy (non-hydrogen) atoms. The Labute approximate surface area is 250 Å². The maximum absolute atomic E-state index is 12.4. The van der Waals surface area contributed by atoms with Gasteiger partial charge in [0.05, 0.1) is 23.8 Å². The number of aromatic nitrogens is 2. The first-order valence-electron chi connectivity index (χ1n) is 14.5. The van der Waals surface area contributed by atoms with Gasteiger partial charge in [0.2, 0.25) is 5.88 Å². The van der Waals surface area contributed by atoms with Crippen molar-refractivity contribution in [2.75, 3.05) is 63.6 Å². The van der Waals surface area contributed by atoms with E-state index in [1.165, 1.54) is 18.2 Å². The number of nitro benzene ring substituents is 1. The molecule has 2 aromatic carbocycles. The van der Waals surface area contributed by atoms with Crippen LogP contribution >= 0.6 is 0 Å².